The Morgan fingerprint density at radius 2 is 1.22 bits per heavy atom. The first-order valence-electron chi connectivity index (χ1n) is 33.5. The Kier molecular flexibility index (Phi) is 34.0. The number of guanidine groups is 1. The van der Waals surface area contributed by atoms with Crippen LogP contribution in [0.25, 0.3) is 0 Å². The van der Waals surface area contributed by atoms with Crippen LogP contribution in [0.3, 0.4) is 0 Å². The lowest BCUT2D eigenvalue weighted by atomic mass is 9.88. The summed E-state index contributed by atoms with van der Waals surface area (Å²) in [5.74, 6) is -18.1. The molecule has 15 atom stereocenters. The SMILES string of the molecule is CC[C@H](C)[C@@H]1NC(=O)[C@@H](CCCNC(=N)N)NC(=O)[C@H](CC(C)C)NC(=O)[C@H]([C@H](O)C(C)C)NC(=O)[C@@H](NC(=O)[C@](C)(CC(C)C)NC(=O)[C@@H](Cc2ccccc2)NC(=O)OC(C)(C)C)[C@@H](c2ccccc2)OC(=O)[C@H](CO)NC(=O)[C@H]([C@H](O)C(N)=O)NC(=O)CNC(=O)[C@H]([C@H](C)O)NC1=O. The van der Waals surface area contributed by atoms with Crippen molar-refractivity contribution in [3.63, 3.8) is 0 Å². The summed E-state index contributed by atoms with van der Waals surface area (Å²) in [6.45, 7) is 17.6. The molecular weight excluding hydrogens is 1320 g/mol. The molecule has 34 heteroatoms. The molecule has 1 aliphatic heterocycles. The summed E-state index contributed by atoms with van der Waals surface area (Å²) in [5, 5.41) is 81.6. The van der Waals surface area contributed by atoms with E-state index < -0.39 is 210 Å². The molecule has 0 bridgehead atoms. The molecule has 1 fully saturated rings. The summed E-state index contributed by atoms with van der Waals surface area (Å²) < 4.78 is 11.5. The molecule has 0 radical (unpaired) electrons. The second kappa shape index (κ2) is 40.0. The highest BCUT2D eigenvalue weighted by atomic mass is 16.6. The summed E-state index contributed by atoms with van der Waals surface area (Å²) in [5.41, 5.74) is 8.21. The molecule has 0 aromatic heterocycles. The van der Waals surface area contributed by atoms with Gasteiger partial charge >= 0.3 is 12.1 Å². The molecule has 101 heavy (non-hydrogen) atoms. The average Bonchev–Trinajstić information content (AvgIpc) is 0.799. The number of hydrogen-bond acceptors (Lipinski definition) is 20. The number of alkyl carbamates (subject to hydrolysis) is 1. The zero-order valence-electron chi connectivity index (χ0n) is 59.5. The molecule has 34 nitrogen and oxygen atoms in total. The van der Waals surface area contributed by atoms with Gasteiger partial charge in [0.25, 0.3) is 0 Å². The first kappa shape index (κ1) is 85.7. The molecule has 1 saturated heterocycles. The van der Waals surface area contributed by atoms with E-state index in [4.69, 9.17) is 26.4 Å². The number of carbonyl (C=O) groups excluding carboxylic acids is 13. The summed E-state index contributed by atoms with van der Waals surface area (Å²) in [6, 6.07) is -1.63. The highest BCUT2D eigenvalue weighted by Crippen LogP contribution is 2.27. The van der Waals surface area contributed by atoms with Crippen LogP contribution in [0.15, 0.2) is 60.7 Å². The monoisotopic (exact) mass is 1420 g/mol. The van der Waals surface area contributed by atoms with Crippen LogP contribution in [0.5, 0.6) is 0 Å². The smallest absolute Gasteiger partial charge is 0.408 e. The number of amides is 12. The second-order valence-corrected chi connectivity index (χ2v) is 27.4. The minimum atomic E-state index is -2.61. The molecule has 21 N–H and O–H groups in total. The van der Waals surface area contributed by atoms with E-state index in [1.807, 2.05) is 10.6 Å². The van der Waals surface area contributed by atoms with Gasteiger partial charge in [0.2, 0.25) is 65.0 Å². The van der Waals surface area contributed by atoms with Gasteiger partial charge in [0, 0.05) is 13.0 Å². The Morgan fingerprint density at radius 3 is 1.75 bits per heavy atom. The van der Waals surface area contributed by atoms with Gasteiger partial charge in [-0.1, -0.05) is 122 Å². The second-order valence-electron chi connectivity index (χ2n) is 27.4. The number of rotatable bonds is 24. The Bertz CT molecular complexity index is 3190. The van der Waals surface area contributed by atoms with Crippen molar-refractivity contribution in [1.82, 2.24) is 63.8 Å². The summed E-state index contributed by atoms with van der Waals surface area (Å²) in [7, 11) is 0. The van der Waals surface area contributed by atoms with Crippen molar-refractivity contribution in [3.05, 3.63) is 71.8 Å². The molecule has 0 saturated carbocycles. The first-order chi connectivity index (χ1) is 47.1. The van der Waals surface area contributed by atoms with E-state index in [1.54, 1.807) is 92.6 Å². The van der Waals surface area contributed by atoms with Crippen molar-refractivity contribution in [1.29, 1.82) is 5.41 Å². The van der Waals surface area contributed by atoms with Gasteiger partial charge < -0.3 is 105 Å². The van der Waals surface area contributed by atoms with Crippen LogP contribution in [0, 0.1) is 29.1 Å². The fraction of sp³-hybridized carbons (Fsp3) is 0.612. The zero-order valence-corrected chi connectivity index (χ0v) is 59.5. The lowest BCUT2D eigenvalue weighted by Crippen LogP contribution is -2.66. The van der Waals surface area contributed by atoms with Crippen LogP contribution in [-0.4, -0.2) is 207 Å². The van der Waals surface area contributed by atoms with Crippen molar-refractivity contribution >= 4 is 83.0 Å². The molecule has 0 aliphatic carbocycles. The highest BCUT2D eigenvalue weighted by molar-refractivity contribution is 6.01. The number of esters is 1. The molecule has 0 spiro atoms. The quantitative estimate of drug-likeness (QED) is 0.0215. The number of nitrogens with two attached hydrogens (primary N) is 2. The third-order valence-electron chi connectivity index (χ3n) is 16.1. The van der Waals surface area contributed by atoms with Crippen LogP contribution in [0.1, 0.15) is 139 Å². The van der Waals surface area contributed by atoms with Crippen LogP contribution < -0.4 is 75.3 Å². The van der Waals surface area contributed by atoms with Gasteiger partial charge in [-0.15, -0.1) is 0 Å². The molecule has 12 amide bonds. The van der Waals surface area contributed by atoms with Crippen LogP contribution >= 0.6 is 0 Å². The van der Waals surface area contributed by atoms with Gasteiger partial charge in [0.05, 0.1) is 25.4 Å². The lowest BCUT2D eigenvalue weighted by molar-refractivity contribution is -0.159. The molecule has 2 aromatic carbocycles. The molecule has 1 aliphatic rings. The highest BCUT2D eigenvalue weighted by Gasteiger charge is 2.46. The standard InChI is InChI=1S/C67H105N15O19/c1-14-36(8)45-58(93)79-46(37(9)84)57(92)72-31-44(85)77-48(51(87)53(68)88)60(95)75-43(32-83)62(97)100-52(39-24-19-16-20-25-39)49(81-63(98)67(13,30-34(4)5)82-56(91)42(29-38-22-17-15-18-23-38)76-65(99)101-66(10,11)12)61(96)80-47(50(86)35(6)7)59(94)74-41(28-33(2)3)55(90)73-40(54(89)78-45)26-21-27-71-64(69)70/h15-20,22-25,33-37,40-43,45-52,83-84,86-87H,14,21,26-32H2,1-13H3,(H2,68,88)(H,72,92)(H,73,90)(H,74,94)(H,75,95)(H,76,99)(H,77,85)(H,78,89)(H,79,93)(H,80,96)(H,81,98)(H,82,91)(H4,69,70,71)/t36-,37-,40+,41-,42+,43-,45-,46-,47-,48-,49-,50+,51-,52+,67-/m0/s1. The van der Waals surface area contributed by atoms with E-state index in [-0.39, 0.29) is 50.6 Å². The summed E-state index contributed by atoms with van der Waals surface area (Å²) in [4.78, 5) is 187. The fourth-order valence-electron chi connectivity index (χ4n) is 10.6. The minimum Gasteiger partial charge on any atom is -0.453 e. The van der Waals surface area contributed by atoms with Gasteiger partial charge in [-0.2, -0.15) is 0 Å². The van der Waals surface area contributed by atoms with E-state index in [2.05, 4.69) is 53.2 Å². The third-order valence-corrected chi connectivity index (χ3v) is 16.1. The number of benzene rings is 2. The number of aliphatic hydroxyl groups is 4. The van der Waals surface area contributed by atoms with Gasteiger partial charge in [-0.3, -0.25) is 58.1 Å². The lowest BCUT2D eigenvalue weighted by Gasteiger charge is -2.37. The normalized spacial score (nSPS) is 23.6. The first-order valence-corrected chi connectivity index (χ1v) is 33.5. The average molecular weight is 1420 g/mol. The fourth-order valence-corrected chi connectivity index (χ4v) is 10.6. The van der Waals surface area contributed by atoms with Gasteiger partial charge in [-0.05, 0) is 95.1 Å². The van der Waals surface area contributed by atoms with Gasteiger partial charge in [0.15, 0.2) is 24.2 Å². The van der Waals surface area contributed by atoms with Crippen LogP contribution in [-0.2, 0) is 73.4 Å². The molecule has 3 rings (SSSR count). The molecular formula is C67H105N15O19. The van der Waals surface area contributed by atoms with Gasteiger partial charge in [-0.25, -0.2) is 9.59 Å². The molecule has 2 aromatic rings. The van der Waals surface area contributed by atoms with Crippen LogP contribution in [0.2, 0.25) is 0 Å². The van der Waals surface area contributed by atoms with E-state index in [9.17, 15) is 68.4 Å². The Labute approximate surface area is 587 Å². The number of ether oxygens (including phenoxy) is 2. The third kappa shape index (κ3) is 27.8. The summed E-state index contributed by atoms with van der Waals surface area (Å²) in [6.07, 6.45) is -9.81. The maximum Gasteiger partial charge on any atom is 0.408 e. The molecule has 562 valence electrons. The number of primary amides is 1. The van der Waals surface area contributed by atoms with Crippen molar-refractivity contribution in [3.8, 4) is 0 Å². The van der Waals surface area contributed by atoms with Crippen molar-refractivity contribution in [2.24, 2.45) is 35.1 Å². The predicted molar refractivity (Wildman–Crippen MR) is 366 cm³/mol. The minimum absolute atomic E-state index is 0.00435. The maximum atomic E-state index is 15.7. The number of aliphatic hydroxyl groups excluding tert-OH is 4. The molecule has 1 heterocycles. The number of cyclic esters (lactones) is 1. The van der Waals surface area contributed by atoms with E-state index in [0.29, 0.717) is 5.56 Å². The van der Waals surface area contributed by atoms with Crippen molar-refractivity contribution in [2.45, 2.75) is 218 Å². The Morgan fingerprint density at radius 1 is 0.673 bits per heavy atom. The zero-order chi connectivity index (χ0) is 76.4. The Balaban J connectivity index is 2.47. The predicted octanol–water partition coefficient (Wildman–Crippen LogP) is -3.07. The van der Waals surface area contributed by atoms with E-state index in [0.717, 1.165) is 6.92 Å². The number of nitrogens with one attached hydrogen (secondary N) is 13. The van der Waals surface area contributed by atoms with Crippen LogP contribution in [0.4, 0.5) is 4.79 Å². The number of carbonyl (C=O) groups is 13. The van der Waals surface area contributed by atoms with E-state index in [1.165, 1.54) is 51.1 Å². The maximum absolute atomic E-state index is 15.7. The Hall–Kier alpha value is -9.54. The largest absolute Gasteiger partial charge is 0.453 e. The number of hydrogen-bond donors (Lipinski definition) is 19. The summed E-state index contributed by atoms with van der Waals surface area (Å²) >= 11 is 0. The molecule has 0 unspecified atom stereocenters. The van der Waals surface area contributed by atoms with Crippen molar-refractivity contribution < 1.29 is 92.2 Å². The topological polar surface area (TPSA) is 542 Å². The van der Waals surface area contributed by atoms with Gasteiger partial charge in [0.1, 0.15) is 59.5 Å². The van der Waals surface area contributed by atoms with Crippen molar-refractivity contribution in [2.75, 3.05) is 19.7 Å². The van der Waals surface area contributed by atoms with E-state index >= 15 is 14.4 Å².